The van der Waals surface area contributed by atoms with Gasteiger partial charge >= 0.3 is 0 Å². The van der Waals surface area contributed by atoms with E-state index < -0.39 is 0 Å². The summed E-state index contributed by atoms with van der Waals surface area (Å²) in [5.41, 5.74) is 3.77. The van der Waals surface area contributed by atoms with Crippen molar-refractivity contribution >= 4 is 5.78 Å². The molecule has 0 aliphatic rings. The van der Waals surface area contributed by atoms with Gasteiger partial charge in [0, 0.05) is 16.7 Å². The average Bonchev–Trinajstić information content (AvgIpc) is 2.80. The molecule has 0 heterocycles. The van der Waals surface area contributed by atoms with Crippen LogP contribution in [0.5, 0.6) is 11.5 Å². The van der Waals surface area contributed by atoms with E-state index in [4.69, 9.17) is 4.74 Å². The Labute approximate surface area is 169 Å². The minimum atomic E-state index is -0.252. The monoisotopic (exact) mass is 380 g/mol. The van der Waals surface area contributed by atoms with E-state index >= 15 is 0 Å². The minimum Gasteiger partial charge on any atom is -0.506 e. The Kier molecular flexibility index (Phi) is 5.12. The topological polar surface area (TPSA) is 46.5 Å². The van der Waals surface area contributed by atoms with Crippen LogP contribution in [0.3, 0.4) is 0 Å². The molecule has 0 aliphatic carbocycles. The largest absolute Gasteiger partial charge is 0.506 e. The number of methoxy groups -OCH3 is 1. The zero-order valence-electron chi connectivity index (χ0n) is 16.0. The number of phenolic OH excluding ortho intramolecular Hbond substituents is 1. The summed E-state index contributed by atoms with van der Waals surface area (Å²) < 4.78 is 5.68. The predicted molar refractivity (Wildman–Crippen MR) is 115 cm³/mol. The highest BCUT2D eigenvalue weighted by molar-refractivity contribution is 6.13. The van der Waals surface area contributed by atoms with E-state index in [-0.39, 0.29) is 17.1 Å². The Morgan fingerprint density at radius 2 is 1.21 bits per heavy atom. The molecule has 3 heteroatoms. The van der Waals surface area contributed by atoms with Gasteiger partial charge in [0.2, 0.25) is 0 Å². The summed E-state index contributed by atoms with van der Waals surface area (Å²) >= 11 is 0. The number of benzene rings is 4. The lowest BCUT2D eigenvalue weighted by Gasteiger charge is -2.19. The normalized spacial score (nSPS) is 10.5. The Hall–Kier alpha value is -3.85. The van der Waals surface area contributed by atoms with E-state index in [0.29, 0.717) is 16.9 Å². The number of ketones is 1. The smallest absolute Gasteiger partial charge is 0.196 e. The summed E-state index contributed by atoms with van der Waals surface area (Å²) in [6.45, 7) is 0. The fourth-order valence-corrected chi connectivity index (χ4v) is 3.50. The highest BCUT2D eigenvalue weighted by Gasteiger charge is 2.24. The molecule has 0 saturated heterocycles. The molecule has 4 aromatic rings. The summed E-state index contributed by atoms with van der Waals surface area (Å²) in [7, 11) is 1.57. The summed E-state index contributed by atoms with van der Waals surface area (Å²) in [6.07, 6.45) is 0. The van der Waals surface area contributed by atoms with Crippen LogP contribution >= 0.6 is 0 Å². The maximum atomic E-state index is 13.2. The van der Waals surface area contributed by atoms with Gasteiger partial charge in [0.05, 0.1) is 12.7 Å². The molecule has 3 nitrogen and oxygen atoms in total. The predicted octanol–water partition coefficient (Wildman–Crippen LogP) is 5.97. The summed E-state index contributed by atoms with van der Waals surface area (Å²) in [5, 5.41) is 11.3. The van der Waals surface area contributed by atoms with Gasteiger partial charge in [-0.1, -0.05) is 91.0 Å². The van der Waals surface area contributed by atoms with Crippen LogP contribution in [-0.2, 0) is 0 Å². The van der Waals surface area contributed by atoms with Gasteiger partial charge in [-0.25, -0.2) is 0 Å². The third kappa shape index (κ3) is 3.50. The highest BCUT2D eigenvalue weighted by atomic mass is 16.5. The van der Waals surface area contributed by atoms with E-state index in [9.17, 15) is 9.90 Å². The summed E-state index contributed by atoms with van der Waals surface area (Å²) in [5.74, 6) is 0.232. The molecule has 0 fully saturated rings. The number of carbonyl (C=O) groups excluding carboxylic acids is 1. The number of hydrogen-bond acceptors (Lipinski definition) is 3. The maximum Gasteiger partial charge on any atom is 0.196 e. The standard InChI is InChI=1S/C26H20O3/c1-29-22-17-21(25(27)20-15-9-4-10-16-20)26(28)24(19-13-7-3-8-14-19)23(22)18-11-5-2-6-12-18/h2-17,28H,1H3. The first-order valence-electron chi connectivity index (χ1n) is 9.35. The minimum absolute atomic E-state index is 0.0512. The number of ether oxygens (including phenoxy) is 1. The molecule has 0 radical (unpaired) electrons. The fraction of sp³-hybridized carbons (Fsp3) is 0.0385. The van der Waals surface area contributed by atoms with Crippen molar-refractivity contribution < 1.29 is 14.6 Å². The van der Waals surface area contributed by atoms with E-state index in [0.717, 1.165) is 16.7 Å². The second kappa shape index (κ2) is 8.03. The van der Waals surface area contributed by atoms with Gasteiger partial charge in [-0.05, 0) is 17.2 Å². The Balaban J connectivity index is 2.03. The first-order chi connectivity index (χ1) is 14.2. The van der Waals surface area contributed by atoms with Crippen LogP contribution in [0.25, 0.3) is 22.3 Å². The van der Waals surface area contributed by atoms with Crippen LogP contribution in [0.1, 0.15) is 15.9 Å². The maximum absolute atomic E-state index is 13.2. The Bertz CT molecular complexity index is 1130. The Morgan fingerprint density at radius 3 is 1.72 bits per heavy atom. The molecule has 29 heavy (non-hydrogen) atoms. The first kappa shape index (κ1) is 18.5. The van der Waals surface area contributed by atoms with E-state index in [2.05, 4.69) is 0 Å². The molecule has 4 aromatic carbocycles. The molecule has 0 amide bonds. The van der Waals surface area contributed by atoms with Crippen molar-refractivity contribution in [3.63, 3.8) is 0 Å². The van der Waals surface area contributed by atoms with Gasteiger partial charge in [-0.2, -0.15) is 0 Å². The lowest BCUT2D eigenvalue weighted by molar-refractivity contribution is 0.103. The molecule has 142 valence electrons. The molecule has 0 bridgehead atoms. The lowest BCUT2D eigenvalue weighted by Crippen LogP contribution is -2.04. The number of carbonyl (C=O) groups is 1. The van der Waals surface area contributed by atoms with Crippen molar-refractivity contribution in [1.29, 1.82) is 0 Å². The van der Waals surface area contributed by atoms with Crippen LogP contribution in [0.15, 0.2) is 97.1 Å². The molecular weight excluding hydrogens is 360 g/mol. The molecule has 0 saturated carbocycles. The third-order valence-corrected chi connectivity index (χ3v) is 4.89. The molecule has 0 spiro atoms. The van der Waals surface area contributed by atoms with Gasteiger partial charge in [-0.15, -0.1) is 0 Å². The SMILES string of the molecule is COc1cc(C(=O)c2ccccc2)c(O)c(-c2ccccc2)c1-c1ccccc1. The molecule has 0 aliphatic heterocycles. The molecule has 0 atom stereocenters. The van der Waals surface area contributed by atoms with E-state index in [1.807, 2.05) is 66.7 Å². The van der Waals surface area contributed by atoms with Gasteiger partial charge in [0.15, 0.2) is 5.78 Å². The van der Waals surface area contributed by atoms with Crippen LogP contribution < -0.4 is 4.74 Å². The highest BCUT2D eigenvalue weighted by Crippen LogP contribution is 2.46. The number of hydrogen-bond donors (Lipinski definition) is 1. The van der Waals surface area contributed by atoms with Crippen LogP contribution in [-0.4, -0.2) is 18.0 Å². The Morgan fingerprint density at radius 1 is 0.724 bits per heavy atom. The van der Waals surface area contributed by atoms with Gasteiger partial charge in [0.25, 0.3) is 0 Å². The molecule has 4 rings (SSSR count). The molecular formula is C26H20O3. The molecule has 0 aromatic heterocycles. The third-order valence-electron chi connectivity index (χ3n) is 4.89. The van der Waals surface area contributed by atoms with Crippen molar-refractivity contribution in [2.24, 2.45) is 0 Å². The van der Waals surface area contributed by atoms with E-state index in [1.54, 1.807) is 37.4 Å². The first-order valence-corrected chi connectivity index (χ1v) is 9.35. The van der Waals surface area contributed by atoms with Crippen LogP contribution in [0.2, 0.25) is 0 Å². The number of phenols is 1. The van der Waals surface area contributed by atoms with Gasteiger partial charge in [0.1, 0.15) is 11.5 Å². The second-order valence-electron chi connectivity index (χ2n) is 6.65. The van der Waals surface area contributed by atoms with Gasteiger partial charge < -0.3 is 9.84 Å². The summed E-state index contributed by atoms with van der Waals surface area (Å²) in [6, 6.07) is 29.8. The fourth-order valence-electron chi connectivity index (χ4n) is 3.50. The summed E-state index contributed by atoms with van der Waals surface area (Å²) in [4.78, 5) is 13.2. The molecule has 1 N–H and O–H groups in total. The zero-order chi connectivity index (χ0) is 20.2. The van der Waals surface area contributed by atoms with Crippen LogP contribution in [0.4, 0.5) is 0 Å². The lowest BCUT2D eigenvalue weighted by atomic mass is 9.88. The van der Waals surface area contributed by atoms with Crippen molar-refractivity contribution in [1.82, 2.24) is 0 Å². The zero-order valence-corrected chi connectivity index (χ0v) is 16.0. The van der Waals surface area contributed by atoms with Crippen molar-refractivity contribution in [2.75, 3.05) is 7.11 Å². The average molecular weight is 380 g/mol. The quantitative estimate of drug-likeness (QED) is 0.434. The van der Waals surface area contributed by atoms with Gasteiger partial charge in [-0.3, -0.25) is 4.79 Å². The van der Waals surface area contributed by atoms with Crippen molar-refractivity contribution in [3.05, 3.63) is 108 Å². The number of aromatic hydroxyl groups is 1. The van der Waals surface area contributed by atoms with E-state index in [1.165, 1.54) is 0 Å². The van der Waals surface area contributed by atoms with Crippen molar-refractivity contribution in [3.8, 4) is 33.8 Å². The molecule has 0 unspecified atom stereocenters. The van der Waals surface area contributed by atoms with Crippen molar-refractivity contribution in [2.45, 2.75) is 0 Å². The second-order valence-corrected chi connectivity index (χ2v) is 6.65. The number of rotatable bonds is 5. The van der Waals surface area contributed by atoms with Crippen LogP contribution in [0, 0.1) is 0 Å².